The first-order valence-corrected chi connectivity index (χ1v) is 7.23. The van der Waals surface area contributed by atoms with Gasteiger partial charge in [-0.1, -0.05) is 12.1 Å². The maximum atomic E-state index is 12.6. The average Bonchev–Trinajstić information content (AvgIpc) is 3.13. The molecule has 5 heteroatoms. The minimum atomic E-state index is -0.395. The van der Waals surface area contributed by atoms with Crippen molar-refractivity contribution in [1.82, 2.24) is 9.78 Å². The fourth-order valence-corrected chi connectivity index (χ4v) is 2.51. The van der Waals surface area contributed by atoms with Gasteiger partial charge in [-0.15, -0.1) is 0 Å². The van der Waals surface area contributed by atoms with Gasteiger partial charge in [0.15, 0.2) is 0 Å². The second-order valence-electron chi connectivity index (χ2n) is 5.96. The van der Waals surface area contributed by atoms with E-state index in [-0.39, 0.29) is 11.9 Å². The van der Waals surface area contributed by atoms with Crippen LogP contribution in [0.4, 0.5) is 11.4 Å². The molecule has 1 fully saturated rings. The van der Waals surface area contributed by atoms with Gasteiger partial charge in [0.25, 0.3) is 0 Å². The van der Waals surface area contributed by atoms with Crippen LogP contribution in [0.15, 0.2) is 36.7 Å². The highest BCUT2D eigenvalue weighted by Crippen LogP contribution is 2.49. The van der Waals surface area contributed by atoms with Gasteiger partial charge in [0.05, 0.1) is 17.3 Å². The molecule has 0 radical (unpaired) electrons. The smallest absolute Gasteiger partial charge is 0.235 e. The maximum Gasteiger partial charge on any atom is 0.235 e. The summed E-state index contributed by atoms with van der Waals surface area (Å²) in [6, 6.07) is 7.86. The Labute approximate surface area is 124 Å². The number of nitrogens with two attached hydrogens (primary N) is 1. The lowest BCUT2D eigenvalue weighted by atomic mass is 9.94. The van der Waals surface area contributed by atoms with Gasteiger partial charge in [-0.3, -0.25) is 9.48 Å². The van der Waals surface area contributed by atoms with Crippen molar-refractivity contribution >= 4 is 17.3 Å². The molecule has 0 aliphatic heterocycles. The van der Waals surface area contributed by atoms with E-state index in [0.717, 1.165) is 24.1 Å². The highest BCUT2D eigenvalue weighted by atomic mass is 16.2. The number of amides is 1. The quantitative estimate of drug-likeness (QED) is 0.848. The summed E-state index contributed by atoms with van der Waals surface area (Å²) >= 11 is 0. The lowest BCUT2D eigenvalue weighted by Gasteiger charge is -2.15. The molecule has 1 aromatic carbocycles. The van der Waals surface area contributed by atoms with Gasteiger partial charge in [-0.2, -0.15) is 5.10 Å². The van der Waals surface area contributed by atoms with Crippen LogP contribution in [-0.4, -0.2) is 15.7 Å². The third-order valence-corrected chi connectivity index (χ3v) is 4.04. The molecule has 0 unspecified atom stereocenters. The molecule has 1 amide bonds. The summed E-state index contributed by atoms with van der Waals surface area (Å²) < 4.78 is 1.83. The number of benzene rings is 1. The van der Waals surface area contributed by atoms with Crippen molar-refractivity contribution in [3.8, 4) is 0 Å². The van der Waals surface area contributed by atoms with E-state index >= 15 is 0 Å². The van der Waals surface area contributed by atoms with Gasteiger partial charge in [-0.25, -0.2) is 0 Å². The van der Waals surface area contributed by atoms with Crippen LogP contribution in [0.5, 0.6) is 0 Å². The van der Waals surface area contributed by atoms with Crippen molar-refractivity contribution in [2.45, 2.75) is 38.1 Å². The first kappa shape index (κ1) is 13.7. The molecule has 0 bridgehead atoms. The van der Waals surface area contributed by atoms with Gasteiger partial charge >= 0.3 is 0 Å². The fourth-order valence-electron chi connectivity index (χ4n) is 2.51. The molecule has 3 rings (SSSR count). The van der Waals surface area contributed by atoms with Crippen molar-refractivity contribution in [2.75, 3.05) is 11.1 Å². The number of aromatic nitrogens is 2. The number of carbonyl (C=O) groups excluding carboxylic acids is 1. The van der Waals surface area contributed by atoms with Crippen LogP contribution in [0, 0.1) is 0 Å². The van der Waals surface area contributed by atoms with Crippen molar-refractivity contribution in [1.29, 1.82) is 0 Å². The molecule has 0 spiro atoms. The van der Waals surface area contributed by atoms with E-state index in [1.54, 1.807) is 6.20 Å². The highest BCUT2D eigenvalue weighted by molar-refractivity contribution is 6.01. The third kappa shape index (κ3) is 2.51. The van der Waals surface area contributed by atoms with Crippen molar-refractivity contribution in [2.24, 2.45) is 0 Å². The molecule has 3 N–H and O–H groups in total. The Kier molecular flexibility index (Phi) is 3.20. The predicted octanol–water partition coefficient (Wildman–Crippen LogP) is 2.72. The Balaban J connectivity index is 1.76. The summed E-state index contributed by atoms with van der Waals surface area (Å²) in [5, 5.41) is 7.22. The zero-order chi connectivity index (χ0) is 15.0. The maximum absolute atomic E-state index is 12.6. The number of carbonyl (C=O) groups is 1. The van der Waals surface area contributed by atoms with E-state index in [0.29, 0.717) is 5.69 Å². The van der Waals surface area contributed by atoms with Crippen LogP contribution in [0.2, 0.25) is 0 Å². The first-order chi connectivity index (χ1) is 10.0. The SMILES string of the molecule is CC(C)n1cc(NC(=O)C2(c3ccc(N)cc3)CC2)cn1. The topological polar surface area (TPSA) is 72.9 Å². The average molecular weight is 284 g/mol. The minimum absolute atomic E-state index is 0.0376. The molecule has 1 heterocycles. The number of nitrogens with zero attached hydrogens (tertiary/aromatic N) is 2. The molecule has 5 nitrogen and oxygen atoms in total. The van der Waals surface area contributed by atoms with Gasteiger partial charge < -0.3 is 11.1 Å². The van der Waals surface area contributed by atoms with E-state index in [1.165, 1.54) is 0 Å². The summed E-state index contributed by atoms with van der Waals surface area (Å²) in [6.45, 7) is 4.10. The van der Waals surface area contributed by atoms with Gasteiger partial charge in [0.1, 0.15) is 0 Å². The Hall–Kier alpha value is -2.30. The number of anilines is 2. The van der Waals surface area contributed by atoms with E-state index in [1.807, 2.05) is 35.1 Å². The molecular weight excluding hydrogens is 264 g/mol. The molecule has 0 atom stereocenters. The Morgan fingerprint density at radius 2 is 2.00 bits per heavy atom. The Morgan fingerprint density at radius 1 is 1.33 bits per heavy atom. The predicted molar refractivity (Wildman–Crippen MR) is 83.0 cm³/mol. The summed E-state index contributed by atoms with van der Waals surface area (Å²) in [5.74, 6) is 0.0376. The fraction of sp³-hybridized carbons (Fsp3) is 0.375. The molecular formula is C16H20N4O. The van der Waals surface area contributed by atoms with Crippen LogP contribution in [0.1, 0.15) is 38.3 Å². The highest BCUT2D eigenvalue weighted by Gasteiger charge is 2.51. The number of hydrogen-bond acceptors (Lipinski definition) is 3. The lowest BCUT2D eigenvalue weighted by Crippen LogP contribution is -2.27. The molecule has 1 aliphatic rings. The molecule has 2 aromatic rings. The van der Waals surface area contributed by atoms with E-state index in [2.05, 4.69) is 24.3 Å². The molecule has 1 saturated carbocycles. The normalized spacial score (nSPS) is 16.0. The van der Waals surface area contributed by atoms with Crippen molar-refractivity contribution in [3.63, 3.8) is 0 Å². The largest absolute Gasteiger partial charge is 0.399 e. The third-order valence-electron chi connectivity index (χ3n) is 4.04. The second kappa shape index (κ2) is 4.91. The summed E-state index contributed by atoms with van der Waals surface area (Å²) in [4.78, 5) is 12.6. The Bertz CT molecular complexity index is 653. The summed E-state index contributed by atoms with van der Waals surface area (Å²) in [6.07, 6.45) is 5.31. The van der Waals surface area contributed by atoms with Crippen LogP contribution < -0.4 is 11.1 Å². The van der Waals surface area contributed by atoms with E-state index in [9.17, 15) is 4.79 Å². The molecule has 110 valence electrons. The first-order valence-electron chi connectivity index (χ1n) is 7.23. The number of nitrogen functional groups attached to an aromatic ring is 1. The van der Waals surface area contributed by atoms with Crippen LogP contribution in [0.3, 0.4) is 0 Å². The summed E-state index contributed by atoms with van der Waals surface area (Å²) in [5.41, 5.74) is 7.81. The van der Waals surface area contributed by atoms with Crippen molar-refractivity contribution < 1.29 is 4.79 Å². The van der Waals surface area contributed by atoms with Gasteiger partial charge in [0.2, 0.25) is 5.91 Å². The van der Waals surface area contributed by atoms with Crippen LogP contribution in [-0.2, 0) is 10.2 Å². The minimum Gasteiger partial charge on any atom is -0.399 e. The van der Waals surface area contributed by atoms with Crippen molar-refractivity contribution in [3.05, 3.63) is 42.2 Å². The standard InChI is InChI=1S/C16H20N4O/c1-11(2)20-10-14(9-18-20)19-15(21)16(7-8-16)12-3-5-13(17)6-4-12/h3-6,9-11H,7-8,17H2,1-2H3,(H,19,21). The number of hydrogen-bond donors (Lipinski definition) is 2. The van der Waals surface area contributed by atoms with E-state index in [4.69, 9.17) is 5.73 Å². The summed E-state index contributed by atoms with van der Waals surface area (Å²) in [7, 11) is 0. The van der Waals surface area contributed by atoms with E-state index < -0.39 is 5.41 Å². The molecule has 1 aromatic heterocycles. The lowest BCUT2D eigenvalue weighted by molar-refractivity contribution is -0.118. The van der Waals surface area contributed by atoms with Gasteiger partial charge in [0, 0.05) is 17.9 Å². The van der Waals surface area contributed by atoms with Crippen LogP contribution >= 0.6 is 0 Å². The molecule has 1 aliphatic carbocycles. The number of nitrogens with one attached hydrogen (secondary N) is 1. The number of rotatable bonds is 4. The molecule has 21 heavy (non-hydrogen) atoms. The zero-order valence-corrected chi connectivity index (χ0v) is 12.3. The van der Waals surface area contributed by atoms with Gasteiger partial charge in [-0.05, 0) is 44.4 Å². The Morgan fingerprint density at radius 3 is 2.52 bits per heavy atom. The molecule has 0 saturated heterocycles. The second-order valence-corrected chi connectivity index (χ2v) is 5.96. The van der Waals surface area contributed by atoms with Crippen LogP contribution in [0.25, 0.3) is 0 Å². The monoisotopic (exact) mass is 284 g/mol. The zero-order valence-electron chi connectivity index (χ0n) is 12.3.